The Balaban J connectivity index is 1.73. The van der Waals surface area contributed by atoms with Gasteiger partial charge in [-0.3, -0.25) is 9.69 Å². The number of piperazine rings is 1. The van der Waals surface area contributed by atoms with Crippen LogP contribution in [0.25, 0.3) is 0 Å². The van der Waals surface area contributed by atoms with Gasteiger partial charge < -0.3 is 14.4 Å². The van der Waals surface area contributed by atoms with Crippen molar-refractivity contribution in [2.45, 2.75) is 12.5 Å². The molecule has 0 spiro atoms. The van der Waals surface area contributed by atoms with Crippen molar-refractivity contribution in [2.24, 2.45) is 0 Å². The summed E-state index contributed by atoms with van der Waals surface area (Å²) < 4.78 is 24.8. The van der Waals surface area contributed by atoms with Gasteiger partial charge in [0.15, 0.2) is 11.5 Å². The van der Waals surface area contributed by atoms with E-state index < -0.39 is 0 Å². The molecule has 27 heavy (non-hydrogen) atoms. The first-order valence-corrected chi connectivity index (χ1v) is 8.96. The molecule has 1 fully saturated rings. The number of carbonyl (C=O) groups excluding carboxylic acids is 1. The zero-order chi connectivity index (χ0) is 19.4. The lowest BCUT2D eigenvalue weighted by Crippen LogP contribution is -2.49. The van der Waals surface area contributed by atoms with Gasteiger partial charge in [-0.15, -0.1) is 0 Å². The highest BCUT2D eigenvalue weighted by Crippen LogP contribution is 2.29. The van der Waals surface area contributed by atoms with Gasteiger partial charge >= 0.3 is 0 Å². The maximum atomic E-state index is 14.2. The van der Waals surface area contributed by atoms with E-state index >= 15 is 0 Å². The van der Waals surface area contributed by atoms with Crippen molar-refractivity contribution >= 4 is 5.91 Å². The monoisotopic (exact) mass is 372 g/mol. The number of methoxy groups -OCH3 is 2. The Kier molecular flexibility index (Phi) is 5.96. The Hall–Kier alpha value is -2.60. The summed E-state index contributed by atoms with van der Waals surface area (Å²) >= 11 is 0. The molecule has 1 aliphatic rings. The first-order valence-electron chi connectivity index (χ1n) is 8.96. The number of likely N-dealkylation sites (N-methyl/N-ethyl adjacent to an activating group) is 1. The van der Waals surface area contributed by atoms with E-state index in [4.69, 9.17) is 9.47 Å². The van der Waals surface area contributed by atoms with Crippen LogP contribution in [0.3, 0.4) is 0 Å². The molecule has 5 nitrogen and oxygen atoms in total. The van der Waals surface area contributed by atoms with Crippen molar-refractivity contribution in [3.63, 3.8) is 0 Å². The molecule has 0 aromatic heterocycles. The number of benzene rings is 2. The quantitative estimate of drug-likeness (QED) is 0.809. The minimum Gasteiger partial charge on any atom is -0.493 e. The summed E-state index contributed by atoms with van der Waals surface area (Å²) in [4.78, 5) is 16.7. The lowest BCUT2D eigenvalue weighted by atomic mass is 10.0. The minimum absolute atomic E-state index is 0.0247. The molecule has 0 N–H and O–H groups in total. The molecule has 2 aromatic rings. The van der Waals surface area contributed by atoms with Gasteiger partial charge in [-0.25, -0.2) is 4.39 Å². The van der Waals surface area contributed by atoms with Gasteiger partial charge in [-0.05, 0) is 30.8 Å². The van der Waals surface area contributed by atoms with E-state index in [9.17, 15) is 9.18 Å². The van der Waals surface area contributed by atoms with Crippen LogP contribution in [0.4, 0.5) is 4.39 Å². The number of carbonyl (C=O) groups is 1. The predicted octanol–water partition coefficient (Wildman–Crippen LogP) is 2.90. The third-order valence-corrected chi connectivity index (χ3v) is 5.07. The van der Waals surface area contributed by atoms with Crippen LogP contribution in [0.2, 0.25) is 0 Å². The molecular formula is C21H25FN2O3. The summed E-state index contributed by atoms with van der Waals surface area (Å²) in [5, 5.41) is 0. The molecule has 0 radical (unpaired) electrons. The molecule has 1 amide bonds. The van der Waals surface area contributed by atoms with E-state index in [1.807, 2.05) is 30.1 Å². The van der Waals surface area contributed by atoms with Crippen molar-refractivity contribution in [1.29, 1.82) is 0 Å². The number of nitrogens with zero attached hydrogens (tertiary/aromatic N) is 2. The molecule has 0 saturated carbocycles. The Morgan fingerprint density at radius 2 is 1.85 bits per heavy atom. The average Bonchev–Trinajstić information content (AvgIpc) is 2.68. The molecule has 3 rings (SSSR count). The highest BCUT2D eigenvalue weighted by atomic mass is 19.1. The van der Waals surface area contributed by atoms with Crippen LogP contribution in [0.15, 0.2) is 42.5 Å². The third-order valence-electron chi connectivity index (χ3n) is 5.07. The number of ether oxygens (including phenoxy) is 2. The molecule has 2 aromatic carbocycles. The van der Waals surface area contributed by atoms with Gasteiger partial charge in [0.05, 0.1) is 26.7 Å². The molecule has 0 bridgehead atoms. The van der Waals surface area contributed by atoms with E-state index in [1.54, 1.807) is 32.4 Å². The molecule has 1 unspecified atom stereocenters. The number of rotatable bonds is 5. The third kappa shape index (κ3) is 4.22. The maximum Gasteiger partial charge on any atom is 0.227 e. The summed E-state index contributed by atoms with van der Waals surface area (Å²) in [5.74, 6) is 1.03. The van der Waals surface area contributed by atoms with Gasteiger partial charge in [0.25, 0.3) is 0 Å². The SMILES string of the molecule is COc1ccc(CC(=O)N2CCN(C)C(c3ccccc3F)C2)cc1OC. The van der Waals surface area contributed by atoms with Gasteiger partial charge in [-0.1, -0.05) is 24.3 Å². The zero-order valence-electron chi connectivity index (χ0n) is 15.9. The van der Waals surface area contributed by atoms with Crippen LogP contribution in [-0.4, -0.2) is 56.6 Å². The Morgan fingerprint density at radius 1 is 1.11 bits per heavy atom. The highest BCUT2D eigenvalue weighted by molar-refractivity contribution is 5.79. The van der Waals surface area contributed by atoms with Gasteiger partial charge in [0, 0.05) is 25.2 Å². The van der Waals surface area contributed by atoms with Crippen LogP contribution in [0.1, 0.15) is 17.2 Å². The van der Waals surface area contributed by atoms with Crippen molar-refractivity contribution in [3.8, 4) is 11.5 Å². The summed E-state index contributed by atoms with van der Waals surface area (Å²) in [6.07, 6.45) is 0.272. The number of hydrogen-bond donors (Lipinski definition) is 0. The van der Waals surface area contributed by atoms with Gasteiger partial charge in [-0.2, -0.15) is 0 Å². The summed E-state index contributed by atoms with van der Waals surface area (Å²) in [6, 6.07) is 12.1. The Labute approximate surface area is 159 Å². The normalized spacial score (nSPS) is 17.6. The molecule has 1 saturated heterocycles. The summed E-state index contributed by atoms with van der Waals surface area (Å²) in [7, 11) is 5.12. The molecule has 0 aliphatic carbocycles. The topological polar surface area (TPSA) is 42.0 Å². The first kappa shape index (κ1) is 19.2. The Morgan fingerprint density at radius 3 is 2.56 bits per heavy atom. The van der Waals surface area contributed by atoms with E-state index in [1.165, 1.54) is 6.07 Å². The summed E-state index contributed by atoms with van der Waals surface area (Å²) in [6.45, 7) is 1.81. The first-order chi connectivity index (χ1) is 13.0. The fourth-order valence-electron chi connectivity index (χ4n) is 3.46. The van der Waals surface area contributed by atoms with Crippen molar-refractivity contribution in [3.05, 3.63) is 59.4 Å². The van der Waals surface area contributed by atoms with Gasteiger partial charge in [0.1, 0.15) is 5.82 Å². The van der Waals surface area contributed by atoms with Crippen molar-refractivity contribution < 1.29 is 18.7 Å². The van der Waals surface area contributed by atoms with E-state index in [-0.39, 0.29) is 24.2 Å². The molecule has 144 valence electrons. The van der Waals surface area contributed by atoms with Crippen LogP contribution in [0, 0.1) is 5.82 Å². The largest absolute Gasteiger partial charge is 0.493 e. The smallest absolute Gasteiger partial charge is 0.227 e. The predicted molar refractivity (Wildman–Crippen MR) is 102 cm³/mol. The summed E-state index contributed by atoms with van der Waals surface area (Å²) in [5.41, 5.74) is 1.49. The van der Waals surface area contributed by atoms with Crippen LogP contribution < -0.4 is 9.47 Å². The maximum absolute atomic E-state index is 14.2. The highest BCUT2D eigenvalue weighted by Gasteiger charge is 2.30. The number of hydrogen-bond acceptors (Lipinski definition) is 4. The molecule has 1 heterocycles. The number of amides is 1. The zero-order valence-corrected chi connectivity index (χ0v) is 15.9. The van der Waals surface area contributed by atoms with Crippen LogP contribution >= 0.6 is 0 Å². The standard InChI is InChI=1S/C21H25FN2O3/c1-23-10-11-24(14-18(23)16-6-4-5-7-17(16)22)21(25)13-15-8-9-19(26-2)20(12-15)27-3/h4-9,12,18H,10-11,13-14H2,1-3H3. The second kappa shape index (κ2) is 8.39. The van der Waals surface area contributed by atoms with E-state index in [0.717, 1.165) is 5.56 Å². The van der Waals surface area contributed by atoms with Crippen molar-refractivity contribution in [2.75, 3.05) is 40.9 Å². The fraction of sp³-hybridized carbons (Fsp3) is 0.381. The molecular weight excluding hydrogens is 347 g/mol. The average molecular weight is 372 g/mol. The van der Waals surface area contributed by atoms with E-state index in [2.05, 4.69) is 4.90 Å². The molecule has 1 aliphatic heterocycles. The Bertz CT molecular complexity index is 812. The van der Waals surface area contributed by atoms with Gasteiger partial charge in [0.2, 0.25) is 5.91 Å². The number of halogens is 1. The fourth-order valence-corrected chi connectivity index (χ4v) is 3.46. The molecule has 1 atom stereocenters. The van der Waals surface area contributed by atoms with E-state index in [0.29, 0.717) is 36.7 Å². The van der Waals surface area contributed by atoms with Crippen LogP contribution in [-0.2, 0) is 11.2 Å². The van der Waals surface area contributed by atoms with Crippen molar-refractivity contribution in [1.82, 2.24) is 9.80 Å². The lowest BCUT2D eigenvalue weighted by molar-refractivity contribution is -0.133. The second-order valence-corrected chi connectivity index (χ2v) is 6.72. The lowest BCUT2D eigenvalue weighted by Gasteiger charge is -2.40. The molecule has 6 heteroatoms. The second-order valence-electron chi connectivity index (χ2n) is 6.72. The van der Waals surface area contributed by atoms with Crippen LogP contribution in [0.5, 0.6) is 11.5 Å². The minimum atomic E-state index is -0.233.